The van der Waals surface area contributed by atoms with Gasteiger partial charge in [0.25, 0.3) is 0 Å². The normalized spacial score (nSPS) is 20.7. The third-order valence-electron chi connectivity index (χ3n) is 3.82. The maximum atomic E-state index is 4.76. The first-order valence-corrected chi connectivity index (χ1v) is 8.75. The Balaban J connectivity index is 1.78. The van der Waals surface area contributed by atoms with Gasteiger partial charge in [0.2, 0.25) is 0 Å². The average Bonchev–Trinajstić information content (AvgIpc) is 2.97. The number of nitrogens with one attached hydrogen (secondary N) is 1. The third-order valence-corrected chi connectivity index (χ3v) is 4.72. The quantitative estimate of drug-likeness (QED) is 0.868. The molecule has 1 fully saturated rings. The summed E-state index contributed by atoms with van der Waals surface area (Å²) in [7, 11) is 0. The molecule has 0 amide bonds. The van der Waals surface area contributed by atoms with Crippen LogP contribution in [0.1, 0.15) is 57.7 Å². The van der Waals surface area contributed by atoms with E-state index in [4.69, 9.17) is 4.98 Å². The SMILES string of the molecule is CCCC1CCN(Cc2csc(CNC(C)(C)C)n2)C1. The monoisotopic (exact) mass is 295 g/mol. The minimum absolute atomic E-state index is 0.161. The predicted octanol–water partition coefficient (Wildman–Crippen LogP) is 3.65. The fraction of sp³-hybridized carbons (Fsp3) is 0.812. The molecule has 1 N–H and O–H groups in total. The summed E-state index contributed by atoms with van der Waals surface area (Å²) in [5, 5.41) is 6.94. The fourth-order valence-corrected chi connectivity index (χ4v) is 3.50. The molecule has 0 saturated carbocycles. The van der Waals surface area contributed by atoms with Crippen LogP contribution < -0.4 is 5.32 Å². The van der Waals surface area contributed by atoms with Gasteiger partial charge in [-0.2, -0.15) is 0 Å². The Hall–Kier alpha value is -0.450. The lowest BCUT2D eigenvalue weighted by Crippen LogP contribution is -2.35. The van der Waals surface area contributed by atoms with Gasteiger partial charge < -0.3 is 5.32 Å². The predicted molar refractivity (Wildman–Crippen MR) is 87.0 cm³/mol. The van der Waals surface area contributed by atoms with Crippen molar-refractivity contribution in [3.63, 3.8) is 0 Å². The van der Waals surface area contributed by atoms with E-state index in [0.29, 0.717) is 0 Å². The van der Waals surface area contributed by atoms with Crippen LogP contribution in [0.3, 0.4) is 0 Å². The Kier molecular flexibility index (Phi) is 5.58. The molecular weight excluding hydrogens is 266 g/mol. The second-order valence-electron chi connectivity index (χ2n) is 7.01. The summed E-state index contributed by atoms with van der Waals surface area (Å²) in [6, 6.07) is 0. The van der Waals surface area contributed by atoms with Crippen molar-refractivity contribution in [2.75, 3.05) is 13.1 Å². The molecule has 1 aromatic rings. The second-order valence-corrected chi connectivity index (χ2v) is 7.96. The molecule has 1 aliphatic rings. The number of rotatable bonds is 6. The Morgan fingerprint density at radius 3 is 2.95 bits per heavy atom. The second kappa shape index (κ2) is 7.01. The highest BCUT2D eigenvalue weighted by atomic mass is 32.1. The van der Waals surface area contributed by atoms with Gasteiger partial charge in [-0.05, 0) is 46.1 Å². The minimum Gasteiger partial charge on any atom is -0.306 e. The van der Waals surface area contributed by atoms with Crippen molar-refractivity contribution in [2.24, 2.45) is 5.92 Å². The number of likely N-dealkylation sites (tertiary alicyclic amines) is 1. The lowest BCUT2D eigenvalue weighted by molar-refractivity contribution is 0.309. The third kappa shape index (κ3) is 5.15. The van der Waals surface area contributed by atoms with Gasteiger partial charge in [0.15, 0.2) is 0 Å². The van der Waals surface area contributed by atoms with Crippen LogP contribution in [0.2, 0.25) is 0 Å². The van der Waals surface area contributed by atoms with E-state index < -0.39 is 0 Å². The summed E-state index contributed by atoms with van der Waals surface area (Å²) in [6.45, 7) is 13.3. The molecule has 1 aliphatic heterocycles. The maximum absolute atomic E-state index is 4.76. The Labute approximate surface area is 127 Å². The van der Waals surface area contributed by atoms with Crippen molar-refractivity contribution in [3.05, 3.63) is 16.1 Å². The van der Waals surface area contributed by atoms with Crippen LogP contribution in [0, 0.1) is 5.92 Å². The van der Waals surface area contributed by atoms with E-state index in [1.165, 1.54) is 43.1 Å². The Morgan fingerprint density at radius 1 is 1.45 bits per heavy atom. The first-order chi connectivity index (χ1) is 9.46. The number of aromatic nitrogens is 1. The first kappa shape index (κ1) is 15.9. The average molecular weight is 295 g/mol. The van der Waals surface area contributed by atoms with Crippen LogP contribution >= 0.6 is 11.3 Å². The highest BCUT2D eigenvalue weighted by Crippen LogP contribution is 2.23. The van der Waals surface area contributed by atoms with E-state index in [1.54, 1.807) is 11.3 Å². The van der Waals surface area contributed by atoms with Crippen molar-refractivity contribution in [1.29, 1.82) is 0 Å². The Morgan fingerprint density at radius 2 is 2.25 bits per heavy atom. The maximum Gasteiger partial charge on any atom is 0.107 e. The molecule has 20 heavy (non-hydrogen) atoms. The van der Waals surface area contributed by atoms with Gasteiger partial charge in [-0.25, -0.2) is 4.98 Å². The molecule has 0 radical (unpaired) electrons. The lowest BCUT2D eigenvalue weighted by atomic mass is 10.0. The van der Waals surface area contributed by atoms with Gasteiger partial charge in [-0.1, -0.05) is 13.3 Å². The Bertz CT molecular complexity index is 408. The zero-order chi connectivity index (χ0) is 14.6. The fourth-order valence-electron chi connectivity index (χ4n) is 2.77. The molecule has 1 atom stereocenters. The largest absolute Gasteiger partial charge is 0.306 e. The molecule has 1 saturated heterocycles. The molecule has 0 spiro atoms. The van der Waals surface area contributed by atoms with Crippen molar-refractivity contribution in [3.8, 4) is 0 Å². The van der Waals surface area contributed by atoms with Gasteiger partial charge in [-0.15, -0.1) is 11.3 Å². The standard InChI is InChI=1S/C16H29N3S/c1-5-6-13-7-8-19(10-13)11-14-12-20-15(18-14)9-17-16(2,3)4/h12-13,17H,5-11H2,1-4H3. The molecule has 114 valence electrons. The lowest BCUT2D eigenvalue weighted by Gasteiger charge is -2.19. The van der Waals surface area contributed by atoms with Crippen molar-refractivity contribution in [1.82, 2.24) is 15.2 Å². The molecule has 0 aliphatic carbocycles. The molecular formula is C16H29N3S. The van der Waals surface area contributed by atoms with Gasteiger partial charge in [0.1, 0.15) is 5.01 Å². The van der Waals surface area contributed by atoms with Crippen molar-refractivity contribution < 1.29 is 0 Å². The number of thiazole rings is 1. The highest BCUT2D eigenvalue weighted by Gasteiger charge is 2.22. The summed E-state index contributed by atoms with van der Waals surface area (Å²) in [4.78, 5) is 7.33. The zero-order valence-electron chi connectivity index (χ0n) is 13.4. The summed E-state index contributed by atoms with van der Waals surface area (Å²) in [5.41, 5.74) is 1.41. The first-order valence-electron chi connectivity index (χ1n) is 7.87. The van der Waals surface area contributed by atoms with E-state index in [1.807, 2.05) is 0 Å². The van der Waals surface area contributed by atoms with E-state index in [2.05, 4.69) is 43.3 Å². The molecule has 3 nitrogen and oxygen atoms in total. The minimum atomic E-state index is 0.161. The van der Waals surface area contributed by atoms with Gasteiger partial charge >= 0.3 is 0 Å². The van der Waals surface area contributed by atoms with Gasteiger partial charge in [-0.3, -0.25) is 4.90 Å². The van der Waals surface area contributed by atoms with Crippen LogP contribution in [0.4, 0.5) is 0 Å². The summed E-state index contributed by atoms with van der Waals surface area (Å²) < 4.78 is 0. The van der Waals surface area contributed by atoms with Gasteiger partial charge in [0, 0.05) is 30.6 Å². The van der Waals surface area contributed by atoms with E-state index in [-0.39, 0.29) is 5.54 Å². The van der Waals surface area contributed by atoms with Crippen LogP contribution in [0.15, 0.2) is 5.38 Å². The molecule has 1 unspecified atom stereocenters. The smallest absolute Gasteiger partial charge is 0.107 e. The molecule has 4 heteroatoms. The summed E-state index contributed by atoms with van der Waals surface area (Å²) in [5.74, 6) is 0.917. The van der Waals surface area contributed by atoms with E-state index in [9.17, 15) is 0 Å². The van der Waals surface area contributed by atoms with Crippen LogP contribution in [0.25, 0.3) is 0 Å². The number of hydrogen-bond acceptors (Lipinski definition) is 4. The molecule has 2 heterocycles. The number of hydrogen-bond donors (Lipinski definition) is 1. The topological polar surface area (TPSA) is 28.2 Å². The van der Waals surface area contributed by atoms with Crippen LogP contribution in [-0.2, 0) is 13.1 Å². The van der Waals surface area contributed by atoms with Crippen LogP contribution in [0.5, 0.6) is 0 Å². The van der Waals surface area contributed by atoms with E-state index >= 15 is 0 Å². The van der Waals surface area contributed by atoms with Crippen molar-refractivity contribution in [2.45, 2.75) is 65.6 Å². The molecule has 0 aromatic carbocycles. The van der Waals surface area contributed by atoms with Gasteiger partial charge in [0.05, 0.1) is 5.69 Å². The summed E-state index contributed by atoms with van der Waals surface area (Å²) in [6.07, 6.45) is 4.07. The molecule has 2 rings (SSSR count). The van der Waals surface area contributed by atoms with Crippen LogP contribution in [-0.4, -0.2) is 28.5 Å². The summed E-state index contributed by atoms with van der Waals surface area (Å²) >= 11 is 1.78. The highest BCUT2D eigenvalue weighted by molar-refractivity contribution is 7.09. The zero-order valence-corrected chi connectivity index (χ0v) is 14.2. The number of nitrogens with zero attached hydrogens (tertiary/aromatic N) is 2. The van der Waals surface area contributed by atoms with Crippen molar-refractivity contribution >= 4 is 11.3 Å². The molecule has 1 aromatic heterocycles. The molecule has 0 bridgehead atoms. The van der Waals surface area contributed by atoms with E-state index in [0.717, 1.165) is 19.0 Å².